The Morgan fingerprint density at radius 3 is 2.96 bits per heavy atom. The third-order valence-electron chi connectivity index (χ3n) is 4.96. The Balaban J connectivity index is 1.48. The Kier molecular flexibility index (Phi) is 4.73. The minimum Gasteiger partial charge on any atom is -0.379 e. The smallest absolute Gasteiger partial charge is 0.208 e. The number of rotatable bonds is 3. The number of aromatic nitrogens is 3. The number of hydrogen-bond acceptors (Lipinski definition) is 7. The van der Waals surface area contributed by atoms with Gasteiger partial charge in [0, 0.05) is 44.0 Å². The predicted octanol–water partition coefficient (Wildman–Crippen LogP) is 2.05. The molecule has 0 radical (unpaired) electrons. The van der Waals surface area contributed by atoms with Crippen molar-refractivity contribution in [1.82, 2.24) is 20.1 Å². The van der Waals surface area contributed by atoms with E-state index in [1.165, 1.54) is 18.4 Å². The van der Waals surface area contributed by atoms with Crippen LogP contribution in [0.25, 0.3) is 0 Å². The SMILES string of the molecule is c1cc(CN2CCC[C@@]3(COCCN(c4nncs4)C3)C2)ccn1. The monoisotopic (exact) mass is 345 g/mol. The molecule has 0 bridgehead atoms. The zero-order valence-electron chi connectivity index (χ0n) is 13.8. The van der Waals surface area contributed by atoms with Crippen LogP contribution in [0.15, 0.2) is 30.0 Å². The quantitative estimate of drug-likeness (QED) is 0.849. The van der Waals surface area contributed by atoms with Crippen molar-refractivity contribution < 1.29 is 4.74 Å². The topological polar surface area (TPSA) is 54.4 Å². The average Bonchev–Trinajstić information content (AvgIpc) is 3.07. The van der Waals surface area contributed by atoms with Crippen molar-refractivity contribution in [2.24, 2.45) is 5.41 Å². The van der Waals surface area contributed by atoms with E-state index in [1.807, 2.05) is 17.9 Å². The summed E-state index contributed by atoms with van der Waals surface area (Å²) in [6, 6.07) is 4.22. The van der Waals surface area contributed by atoms with Crippen LogP contribution in [0.1, 0.15) is 18.4 Å². The number of pyridine rings is 1. The number of ether oxygens (including phenoxy) is 1. The standard InChI is InChI=1S/C17H23N5OS/c1-4-17(11-21(7-1)10-15-2-5-18-6-3-15)12-22(8-9-23-13-17)16-20-19-14-24-16/h2-3,5-6,14H,1,4,7-13H2/t17-/m1/s1. The Labute approximate surface area is 146 Å². The second kappa shape index (κ2) is 7.13. The van der Waals surface area contributed by atoms with Crippen molar-refractivity contribution in [3.63, 3.8) is 0 Å². The first kappa shape index (κ1) is 15.9. The van der Waals surface area contributed by atoms with Gasteiger partial charge in [-0.1, -0.05) is 11.3 Å². The van der Waals surface area contributed by atoms with E-state index in [0.29, 0.717) is 0 Å². The van der Waals surface area contributed by atoms with Crippen LogP contribution < -0.4 is 4.90 Å². The molecule has 2 saturated heterocycles. The molecule has 2 aromatic rings. The number of piperidine rings is 1. The second-order valence-corrected chi connectivity index (χ2v) is 7.68. The summed E-state index contributed by atoms with van der Waals surface area (Å²) in [6.45, 7) is 6.74. The largest absolute Gasteiger partial charge is 0.379 e. The Hall–Kier alpha value is -1.57. The minimum atomic E-state index is 0.188. The maximum Gasteiger partial charge on any atom is 0.208 e. The van der Waals surface area contributed by atoms with Gasteiger partial charge in [-0.2, -0.15) is 0 Å². The lowest BCUT2D eigenvalue weighted by atomic mass is 9.80. The van der Waals surface area contributed by atoms with Gasteiger partial charge in [0.15, 0.2) is 0 Å². The third-order valence-corrected chi connectivity index (χ3v) is 5.71. The van der Waals surface area contributed by atoms with Crippen LogP contribution >= 0.6 is 11.3 Å². The highest BCUT2D eigenvalue weighted by Gasteiger charge is 2.39. The molecule has 0 aliphatic carbocycles. The molecule has 0 aromatic carbocycles. The summed E-state index contributed by atoms with van der Waals surface area (Å²) >= 11 is 1.62. The molecule has 1 atom stereocenters. The predicted molar refractivity (Wildman–Crippen MR) is 94.1 cm³/mol. The molecular weight excluding hydrogens is 322 g/mol. The van der Waals surface area contributed by atoms with Gasteiger partial charge in [-0.05, 0) is 37.1 Å². The zero-order chi connectivity index (χ0) is 16.2. The van der Waals surface area contributed by atoms with Gasteiger partial charge < -0.3 is 9.64 Å². The molecule has 2 aliphatic heterocycles. The Bertz CT molecular complexity index is 638. The van der Waals surface area contributed by atoms with Gasteiger partial charge in [-0.3, -0.25) is 9.88 Å². The molecule has 2 fully saturated rings. The lowest BCUT2D eigenvalue weighted by Gasteiger charge is -2.43. The summed E-state index contributed by atoms with van der Waals surface area (Å²) in [5.74, 6) is 0. The number of anilines is 1. The summed E-state index contributed by atoms with van der Waals surface area (Å²) in [7, 11) is 0. The highest BCUT2D eigenvalue weighted by atomic mass is 32.1. The van der Waals surface area contributed by atoms with Gasteiger partial charge in [-0.15, -0.1) is 10.2 Å². The van der Waals surface area contributed by atoms with E-state index < -0.39 is 0 Å². The highest BCUT2D eigenvalue weighted by molar-refractivity contribution is 7.13. The van der Waals surface area contributed by atoms with Gasteiger partial charge in [0.25, 0.3) is 0 Å². The molecule has 0 saturated carbocycles. The van der Waals surface area contributed by atoms with E-state index >= 15 is 0 Å². The van der Waals surface area contributed by atoms with E-state index in [-0.39, 0.29) is 5.41 Å². The Morgan fingerprint density at radius 1 is 1.21 bits per heavy atom. The fraction of sp³-hybridized carbons (Fsp3) is 0.588. The molecule has 4 rings (SSSR count). The zero-order valence-corrected chi connectivity index (χ0v) is 14.6. The third kappa shape index (κ3) is 3.58. The second-order valence-electron chi connectivity index (χ2n) is 6.87. The molecule has 7 heteroatoms. The van der Waals surface area contributed by atoms with Crippen LogP contribution in [-0.4, -0.2) is 59.5 Å². The van der Waals surface area contributed by atoms with Crippen molar-refractivity contribution in [2.75, 3.05) is 44.3 Å². The van der Waals surface area contributed by atoms with Gasteiger partial charge >= 0.3 is 0 Å². The van der Waals surface area contributed by atoms with Gasteiger partial charge in [-0.25, -0.2) is 0 Å². The van der Waals surface area contributed by atoms with Gasteiger partial charge in [0.2, 0.25) is 5.13 Å². The first-order chi connectivity index (χ1) is 11.8. The molecule has 6 nitrogen and oxygen atoms in total. The van der Waals surface area contributed by atoms with E-state index in [9.17, 15) is 0 Å². The molecule has 24 heavy (non-hydrogen) atoms. The maximum absolute atomic E-state index is 5.99. The van der Waals surface area contributed by atoms with Gasteiger partial charge in [0.1, 0.15) is 5.51 Å². The van der Waals surface area contributed by atoms with Crippen molar-refractivity contribution >= 4 is 16.5 Å². The van der Waals surface area contributed by atoms with Crippen molar-refractivity contribution in [3.8, 4) is 0 Å². The van der Waals surface area contributed by atoms with E-state index in [4.69, 9.17) is 4.74 Å². The van der Waals surface area contributed by atoms with Crippen LogP contribution in [0.4, 0.5) is 5.13 Å². The lowest BCUT2D eigenvalue weighted by Crippen LogP contribution is -2.50. The highest BCUT2D eigenvalue weighted by Crippen LogP contribution is 2.35. The van der Waals surface area contributed by atoms with Crippen LogP contribution in [-0.2, 0) is 11.3 Å². The molecule has 0 unspecified atom stereocenters. The van der Waals surface area contributed by atoms with Gasteiger partial charge in [0.05, 0.1) is 13.2 Å². The number of nitrogens with zero attached hydrogens (tertiary/aromatic N) is 5. The van der Waals surface area contributed by atoms with Crippen molar-refractivity contribution in [3.05, 3.63) is 35.6 Å². The summed E-state index contributed by atoms with van der Waals surface area (Å²) in [5, 5.41) is 9.29. The van der Waals surface area contributed by atoms with Crippen LogP contribution in [0.3, 0.4) is 0 Å². The first-order valence-electron chi connectivity index (χ1n) is 8.53. The molecule has 2 aromatic heterocycles. The molecule has 0 amide bonds. The minimum absolute atomic E-state index is 0.188. The molecule has 4 heterocycles. The van der Waals surface area contributed by atoms with Crippen LogP contribution in [0, 0.1) is 5.41 Å². The Morgan fingerprint density at radius 2 is 2.12 bits per heavy atom. The summed E-state index contributed by atoms with van der Waals surface area (Å²) in [4.78, 5) is 9.04. The molecule has 2 aliphatic rings. The fourth-order valence-corrected chi connectivity index (χ4v) is 4.49. The molecule has 0 N–H and O–H groups in total. The first-order valence-corrected chi connectivity index (χ1v) is 9.41. The normalized spacial score (nSPS) is 25.8. The van der Waals surface area contributed by atoms with Crippen LogP contribution in [0.5, 0.6) is 0 Å². The van der Waals surface area contributed by atoms with E-state index in [0.717, 1.165) is 51.1 Å². The summed E-state index contributed by atoms with van der Waals surface area (Å²) < 4.78 is 5.99. The summed E-state index contributed by atoms with van der Waals surface area (Å²) in [5.41, 5.74) is 3.33. The van der Waals surface area contributed by atoms with E-state index in [1.54, 1.807) is 11.3 Å². The van der Waals surface area contributed by atoms with Crippen molar-refractivity contribution in [1.29, 1.82) is 0 Å². The molecular formula is C17H23N5OS. The number of hydrogen-bond donors (Lipinski definition) is 0. The molecule has 1 spiro atoms. The lowest BCUT2D eigenvalue weighted by molar-refractivity contribution is 0.0106. The molecule has 128 valence electrons. The fourth-order valence-electron chi connectivity index (χ4n) is 3.90. The maximum atomic E-state index is 5.99. The van der Waals surface area contributed by atoms with Crippen LogP contribution in [0.2, 0.25) is 0 Å². The van der Waals surface area contributed by atoms with E-state index in [2.05, 4.69) is 37.1 Å². The van der Waals surface area contributed by atoms with Crippen molar-refractivity contribution in [2.45, 2.75) is 19.4 Å². The summed E-state index contributed by atoms with van der Waals surface area (Å²) in [6.07, 6.45) is 6.19. The number of likely N-dealkylation sites (tertiary alicyclic amines) is 1. The average molecular weight is 345 g/mol.